The van der Waals surface area contributed by atoms with Gasteiger partial charge in [0.2, 0.25) is 0 Å². The number of esters is 3. The Morgan fingerprint density at radius 1 is 0.328 bits per heavy atom. The average molecular weight is 929 g/mol. The van der Waals surface area contributed by atoms with Crippen LogP contribution in [0.5, 0.6) is 0 Å². The summed E-state index contributed by atoms with van der Waals surface area (Å²) >= 11 is 0. The third kappa shape index (κ3) is 52.9. The summed E-state index contributed by atoms with van der Waals surface area (Å²) in [6.07, 6.45) is 73.6. The fraction of sp³-hybridized carbons (Fsp3) is 0.656. The Kier molecular flexibility index (Phi) is 51.5. The van der Waals surface area contributed by atoms with Gasteiger partial charge < -0.3 is 14.2 Å². The van der Waals surface area contributed by atoms with Crippen LogP contribution in [-0.2, 0) is 28.6 Å². The molecule has 0 N–H and O–H groups in total. The van der Waals surface area contributed by atoms with Crippen LogP contribution in [0.25, 0.3) is 0 Å². The van der Waals surface area contributed by atoms with Crippen LogP contribution in [0.3, 0.4) is 0 Å². The van der Waals surface area contributed by atoms with E-state index >= 15 is 0 Å². The lowest BCUT2D eigenvalue weighted by Crippen LogP contribution is -2.30. The highest BCUT2D eigenvalue weighted by molar-refractivity contribution is 5.71. The first-order valence-corrected chi connectivity index (χ1v) is 27.4. The molecule has 0 aliphatic carbocycles. The van der Waals surface area contributed by atoms with Gasteiger partial charge in [0.25, 0.3) is 0 Å². The SMILES string of the molecule is CC/C=C/C=C/C=C/C=C/CCCCCC(=O)OCC(COC(=O)CCCCC/C=C/C/C=C/C/C=C/C/C=C/C/C=C/CC)OC(=O)CCCCCCCCCCCCCCCCCCC. The zero-order valence-corrected chi connectivity index (χ0v) is 43.4. The van der Waals surface area contributed by atoms with Crippen molar-refractivity contribution in [3.05, 3.63) is 109 Å². The summed E-state index contributed by atoms with van der Waals surface area (Å²) in [7, 11) is 0. The van der Waals surface area contributed by atoms with Crippen LogP contribution in [0.15, 0.2) is 109 Å². The third-order valence-electron chi connectivity index (χ3n) is 11.4. The Bertz CT molecular complexity index is 1390. The standard InChI is InChI=1S/C61H100O6/c1-4-7-10-13-16-19-22-25-27-29-30-32-33-36-39-42-45-48-51-54-60(63)66-57-58(56-65-59(62)53-50-47-44-41-38-35-24-21-18-15-12-9-6-3)67-61(64)55-52-49-46-43-40-37-34-31-28-26-23-20-17-14-11-8-5-2/h7,9-10,12,15-16,18-19,21,24-25,27,30,32,35-36,38-39,58H,4-6,8,11,13-14,17,20,22-23,26,28-29,31,33-34,37,40-57H2,1-3H3/b10-7+,12-9+,18-15+,19-16+,24-21+,27-25+,32-30+,38-35+,39-36+. The highest BCUT2D eigenvalue weighted by Gasteiger charge is 2.19. The predicted molar refractivity (Wildman–Crippen MR) is 288 cm³/mol. The quantitative estimate of drug-likeness (QED) is 0.0199. The lowest BCUT2D eigenvalue weighted by molar-refractivity contribution is -0.167. The minimum absolute atomic E-state index is 0.108. The number of hydrogen-bond acceptors (Lipinski definition) is 6. The molecule has 380 valence electrons. The fourth-order valence-electron chi connectivity index (χ4n) is 7.30. The van der Waals surface area contributed by atoms with Crippen molar-refractivity contribution >= 4 is 17.9 Å². The molecule has 0 saturated carbocycles. The van der Waals surface area contributed by atoms with E-state index in [0.29, 0.717) is 19.3 Å². The maximum Gasteiger partial charge on any atom is 0.306 e. The van der Waals surface area contributed by atoms with E-state index in [4.69, 9.17) is 14.2 Å². The summed E-state index contributed by atoms with van der Waals surface area (Å²) in [6.45, 7) is 6.33. The van der Waals surface area contributed by atoms with Gasteiger partial charge in [-0.3, -0.25) is 14.4 Å². The van der Waals surface area contributed by atoms with Crippen molar-refractivity contribution in [2.45, 2.75) is 245 Å². The molecule has 67 heavy (non-hydrogen) atoms. The maximum absolute atomic E-state index is 12.8. The second kappa shape index (κ2) is 54.7. The molecule has 0 aromatic carbocycles. The first-order valence-electron chi connectivity index (χ1n) is 27.4. The number of carbonyl (C=O) groups is 3. The molecule has 0 amide bonds. The summed E-state index contributed by atoms with van der Waals surface area (Å²) in [5.41, 5.74) is 0. The van der Waals surface area contributed by atoms with E-state index in [2.05, 4.69) is 93.7 Å². The lowest BCUT2D eigenvalue weighted by Gasteiger charge is -2.18. The van der Waals surface area contributed by atoms with Gasteiger partial charge in [-0.1, -0.05) is 246 Å². The number of hydrogen-bond donors (Lipinski definition) is 0. The Morgan fingerprint density at radius 2 is 0.657 bits per heavy atom. The normalized spacial score (nSPS) is 12.9. The molecule has 1 atom stereocenters. The molecule has 0 spiro atoms. The van der Waals surface area contributed by atoms with E-state index < -0.39 is 6.10 Å². The third-order valence-corrected chi connectivity index (χ3v) is 11.4. The average Bonchev–Trinajstić information content (AvgIpc) is 3.33. The molecular formula is C61H100O6. The predicted octanol–water partition coefficient (Wildman–Crippen LogP) is 18.3. The molecule has 0 aromatic rings. The maximum atomic E-state index is 12.8. The topological polar surface area (TPSA) is 78.9 Å². The molecule has 6 nitrogen and oxygen atoms in total. The van der Waals surface area contributed by atoms with Crippen LogP contribution in [0.4, 0.5) is 0 Å². The van der Waals surface area contributed by atoms with Gasteiger partial charge >= 0.3 is 17.9 Å². The molecule has 0 heterocycles. The summed E-state index contributed by atoms with van der Waals surface area (Å²) in [4.78, 5) is 38.1. The van der Waals surface area contributed by atoms with E-state index in [1.807, 2.05) is 36.5 Å². The fourth-order valence-corrected chi connectivity index (χ4v) is 7.30. The molecule has 0 saturated heterocycles. The van der Waals surface area contributed by atoms with Crippen molar-refractivity contribution in [2.24, 2.45) is 0 Å². The molecule has 1 unspecified atom stereocenters. The first-order chi connectivity index (χ1) is 33.0. The lowest BCUT2D eigenvalue weighted by atomic mass is 10.0. The van der Waals surface area contributed by atoms with E-state index in [0.717, 1.165) is 109 Å². The van der Waals surface area contributed by atoms with Gasteiger partial charge in [-0.2, -0.15) is 0 Å². The van der Waals surface area contributed by atoms with Crippen molar-refractivity contribution < 1.29 is 28.6 Å². The number of rotatable bonds is 48. The summed E-state index contributed by atoms with van der Waals surface area (Å²) < 4.78 is 16.8. The van der Waals surface area contributed by atoms with E-state index in [1.165, 1.54) is 89.9 Å². The zero-order chi connectivity index (χ0) is 48.6. The highest BCUT2D eigenvalue weighted by Crippen LogP contribution is 2.15. The molecule has 0 radical (unpaired) electrons. The Labute approximate surface area is 412 Å². The van der Waals surface area contributed by atoms with Crippen molar-refractivity contribution in [3.63, 3.8) is 0 Å². The molecule has 6 heteroatoms. The van der Waals surface area contributed by atoms with Crippen LogP contribution < -0.4 is 0 Å². The summed E-state index contributed by atoms with van der Waals surface area (Å²) in [5, 5.41) is 0. The Balaban J connectivity index is 4.48. The van der Waals surface area contributed by atoms with Gasteiger partial charge in [0, 0.05) is 19.3 Å². The van der Waals surface area contributed by atoms with Gasteiger partial charge in [0.15, 0.2) is 6.10 Å². The second-order valence-electron chi connectivity index (χ2n) is 17.8. The van der Waals surface area contributed by atoms with E-state index in [9.17, 15) is 14.4 Å². The molecule has 0 rings (SSSR count). The number of ether oxygens (including phenoxy) is 3. The van der Waals surface area contributed by atoms with Crippen LogP contribution >= 0.6 is 0 Å². The Hall–Kier alpha value is -3.93. The number of allylic oxidation sites excluding steroid dienone is 18. The summed E-state index contributed by atoms with van der Waals surface area (Å²) in [5.74, 6) is -0.976. The second-order valence-corrected chi connectivity index (χ2v) is 17.8. The molecule has 0 bridgehead atoms. The largest absolute Gasteiger partial charge is 0.462 e. The van der Waals surface area contributed by atoms with Crippen molar-refractivity contribution in [1.29, 1.82) is 0 Å². The van der Waals surface area contributed by atoms with Crippen LogP contribution in [0.1, 0.15) is 239 Å². The summed E-state index contributed by atoms with van der Waals surface area (Å²) in [6, 6.07) is 0. The zero-order valence-electron chi connectivity index (χ0n) is 43.4. The van der Waals surface area contributed by atoms with Gasteiger partial charge in [-0.05, 0) is 83.5 Å². The highest BCUT2D eigenvalue weighted by atomic mass is 16.6. The van der Waals surface area contributed by atoms with Crippen molar-refractivity contribution in [3.8, 4) is 0 Å². The van der Waals surface area contributed by atoms with Gasteiger partial charge in [0.1, 0.15) is 13.2 Å². The molecule has 0 aliphatic rings. The molecule has 0 aromatic heterocycles. The van der Waals surface area contributed by atoms with Gasteiger partial charge in [0.05, 0.1) is 0 Å². The minimum Gasteiger partial charge on any atom is -0.462 e. The molecule has 0 aliphatic heterocycles. The van der Waals surface area contributed by atoms with Crippen molar-refractivity contribution in [2.75, 3.05) is 13.2 Å². The van der Waals surface area contributed by atoms with Gasteiger partial charge in [-0.15, -0.1) is 0 Å². The van der Waals surface area contributed by atoms with Crippen LogP contribution in [-0.4, -0.2) is 37.2 Å². The van der Waals surface area contributed by atoms with E-state index in [-0.39, 0.29) is 31.1 Å². The van der Waals surface area contributed by atoms with Crippen LogP contribution in [0.2, 0.25) is 0 Å². The smallest absolute Gasteiger partial charge is 0.306 e. The minimum atomic E-state index is -0.808. The Morgan fingerprint density at radius 3 is 1.09 bits per heavy atom. The number of unbranched alkanes of at least 4 members (excludes halogenated alkanes) is 22. The van der Waals surface area contributed by atoms with E-state index in [1.54, 1.807) is 0 Å². The van der Waals surface area contributed by atoms with Crippen LogP contribution in [0, 0.1) is 0 Å². The van der Waals surface area contributed by atoms with Crippen molar-refractivity contribution in [1.82, 2.24) is 0 Å². The molecule has 0 fully saturated rings. The number of carbonyl (C=O) groups excluding carboxylic acids is 3. The first kappa shape index (κ1) is 63.1. The molecular weight excluding hydrogens is 829 g/mol. The monoisotopic (exact) mass is 929 g/mol. The van der Waals surface area contributed by atoms with Gasteiger partial charge in [-0.25, -0.2) is 0 Å².